The van der Waals surface area contributed by atoms with Crippen molar-refractivity contribution in [1.82, 2.24) is 9.55 Å². The Morgan fingerprint density at radius 2 is 2.20 bits per heavy atom. The Morgan fingerprint density at radius 3 is 2.80 bits per heavy atom. The van der Waals surface area contributed by atoms with Gasteiger partial charge in [-0.3, -0.25) is 0 Å². The number of thioether (sulfide) groups is 1. The second-order valence-electron chi connectivity index (χ2n) is 5.74. The first-order chi connectivity index (χ1) is 9.69. The Bertz CT molecular complexity index is 611. The summed E-state index contributed by atoms with van der Waals surface area (Å²) >= 11 is 7.99. The van der Waals surface area contributed by atoms with Gasteiger partial charge >= 0.3 is 0 Å². The van der Waals surface area contributed by atoms with Crippen LogP contribution < -0.4 is 0 Å². The molecule has 0 radical (unpaired) electrons. The Balaban J connectivity index is 2.08. The van der Waals surface area contributed by atoms with Crippen LogP contribution in [0.25, 0.3) is 11.0 Å². The van der Waals surface area contributed by atoms with Crippen molar-refractivity contribution in [2.45, 2.75) is 43.9 Å². The lowest BCUT2D eigenvalue weighted by Gasteiger charge is -2.41. The third-order valence-corrected chi connectivity index (χ3v) is 6.10. The summed E-state index contributed by atoms with van der Waals surface area (Å²) in [5.41, 5.74) is 3.72. The lowest BCUT2D eigenvalue weighted by molar-refractivity contribution is 0.321. The maximum Gasteiger partial charge on any atom is 0.111 e. The monoisotopic (exact) mass is 308 g/mol. The number of alkyl halides is 1. The predicted molar refractivity (Wildman–Crippen MR) is 89.0 cm³/mol. The van der Waals surface area contributed by atoms with Crippen LogP contribution in [-0.4, -0.2) is 26.4 Å². The first-order valence-corrected chi connectivity index (χ1v) is 9.01. The number of aryl methyl sites for hydroxylation is 2. The van der Waals surface area contributed by atoms with Gasteiger partial charge in [-0.2, -0.15) is 11.8 Å². The van der Waals surface area contributed by atoms with Crippen LogP contribution in [0, 0.1) is 6.92 Å². The van der Waals surface area contributed by atoms with E-state index in [1.807, 2.05) is 11.8 Å². The summed E-state index contributed by atoms with van der Waals surface area (Å²) in [6.07, 6.45) is 7.09. The second-order valence-corrected chi connectivity index (χ2v) is 7.39. The van der Waals surface area contributed by atoms with Crippen LogP contribution in [-0.2, 0) is 13.0 Å². The van der Waals surface area contributed by atoms with Gasteiger partial charge in [0.15, 0.2) is 0 Å². The van der Waals surface area contributed by atoms with Gasteiger partial charge in [0.25, 0.3) is 0 Å². The highest BCUT2D eigenvalue weighted by molar-refractivity contribution is 8.00. The first kappa shape index (κ1) is 14.3. The molecule has 1 aromatic heterocycles. The number of nitrogens with zero attached hydrogens (tertiary/aromatic N) is 2. The number of hydrogen-bond donors (Lipinski definition) is 0. The molecule has 0 aliphatic heterocycles. The normalized spacial score (nSPS) is 17.4. The van der Waals surface area contributed by atoms with Gasteiger partial charge in [-0.05, 0) is 37.7 Å². The van der Waals surface area contributed by atoms with Crippen LogP contribution in [0.15, 0.2) is 18.2 Å². The molecule has 1 fully saturated rings. The van der Waals surface area contributed by atoms with Gasteiger partial charge in [0.05, 0.1) is 11.0 Å². The molecule has 2 nitrogen and oxygen atoms in total. The molecule has 3 rings (SSSR count). The average molecular weight is 309 g/mol. The summed E-state index contributed by atoms with van der Waals surface area (Å²) in [7, 11) is 0. The van der Waals surface area contributed by atoms with E-state index < -0.39 is 0 Å². The highest BCUT2D eigenvalue weighted by Gasteiger charge is 2.37. The number of rotatable bonds is 5. The van der Waals surface area contributed by atoms with Crippen LogP contribution in [0.4, 0.5) is 0 Å². The first-order valence-electron chi connectivity index (χ1n) is 7.25. The molecule has 0 atom stereocenters. The molecule has 1 aliphatic carbocycles. The minimum Gasteiger partial charge on any atom is -0.326 e. The molecule has 1 aliphatic rings. The number of halogens is 1. The van der Waals surface area contributed by atoms with E-state index in [2.05, 4.69) is 35.9 Å². The summed E-state index contributed by atoms with van der Waals surface area (Å²) in [4.78, 5) is 4.81. The second kappa shape index (κ2) is 5.61. The number of fused-ring (bicyclic) bond motifs is 1. The molecule has 0 amide bonds. The highest BCUT2D eigenvalue weighted by atomic mass is 35.5. The molecular formula is C16H21ClN2S. The largest absolute Gasteiger partial charge is 0.326 e. The Morgan fingerprint density at radius 1 is 1.40 bits per heavy atom. The zero-order chi connectivity index (χ0) is 14.2. The van der Waals surface area contributed by atoms with Crippen molar-refractivity contribution in [3.05, 3.63) is 29.6 Å². The molecule has 0 spiro atoms. The van der Waals surface area contributed by atoms with Gasteiger partial charge in [-0.1, -0.05) is 18.6 Å². The minimum absolute atomic E-state index is 0.414. The van der Waals surface area contributed by atoms with Crippen molar-refractivity contribution in [2.24, 2.45) is 0 Å². The molecule has 0 N–H and O–H groups in total. The molecule has 1 heterocycles. The topological polar surface area (TPSA) is 17.8 Å². The quantitative estimate of drug-likeness (QED) is 0.761. The molecule has 0 unspecified atom stereocenters. The zero-order valence-electron chi connectivity index (χ0n) is 12.2. The molecule has 108 valence electrons. The summed E-state index contributed by atoms with van der Waals surface area (Å²) in [6, 6.07) is 6.38. The highest BCUT2D eigenvalue weighted by Crippen LogP contribution is 2.44. The summed E-state index contributed by atoms with van der Waals surface area (Å²) in [6.45, 7) is 3.25. The van der Waals surface area contributed by atoms with Gasteiger partial charge in [0.1, 0.15) is 5.82 Å². The van der Waals surface area contributed by atoms with Crippen LogP contribution in [0.3, 0.4) is 0 Å². The van der Waals surface area contributed by atoms with Crippen LogP contribution in [0.5, 0.6) is 0 Å². The number of benzene rings is 1. The van der Waals surface area contributed by atoms with Gasteiger partial charge in [0.2, 0.25) is 0 Å². The fourth-order valence-corrected chi connectivity index (χ4v) is 4.27. The van der Waals surface area contributed by atoms with E-state index >= 15 is 0 Å². The van der Waals surface area contributed by atoms with Crippen molar-refractivity contribution in [3.8, 4) is 0 Å². The summed E-state index contributed by atoms with van der Waals surface area (Å²) < 4.78 is 2.85. The molecule has 20 heavy (non-hydrogen) atoms. The lowest BCUT2D eigenvalue weighted by Crippen LogP contribution is -2.38. The number of hydrogen-bond acceptors (Lipinski definition) is 2. The van der Waals surface area contributed by atoms with Crippen molar-refractivity contribution in [3.63, 3.8) is 0 Å². The van der Waals surface area contributed by atoms with E-state index in [1.165, 1.54) is 30.3 Å². The Hall–Kier alpha value is -0.670. The third-order valence-electron chi connectivity index (χ3n) is 4.51. The van der Waals surface area contributed by atoms with Crippen molar-refractivity contribution < 1.29 is 0 Å². The Labute approximate surface area is 129 Å². The summed E-state index contributed by atoms with van der Waals surface area (Å²) in [5, 5.41) is 0. The van der Waals surface area contributed by atoms with E-state index in [-0.39, 0.29) is 0 Å². The smallest absolute Gasteiger partial charge is 0.111 e. The molecule has 1 aromatic carbocycles. The molecule has 0 bridgehead atoms. The lowest BCUT2D eigenvalue weighted by atomic mass is 9.84. The Kier molecular flexibility index (Phi) is 4.00. The van der Waals surface area contributed by atoms with Gasteiger partial charge < -0.3 is 4.57 Å². The minimum atomic E-state index is 0.414. The van der Waals surface area contributed by atoms with Crippen molar-refractivity contribution in [1.29, 1.82) is 0 Å². The van der Waals surface area contributed by atoms with Crippen LogP contribution in [0.1, 0.15) is 30.7 Å². The SMILES string of the molecule is CSC1(Cn2c(CCCl)nc3cccc(C)c32)CCC1. The van der Waals surface area contributed by atoms with Gasteiger partial charge in [-0.25, -0.2) is 4.98 Å². The molecular weight excluding hydrogens is 288 g/mol. The van der Waals surface area contributed by atoms with Crippen molar-refractivity contribution in [2.75, 3.05) is 12.1 Å². The van der Waals surface area contributed by atoms with E-state index in [9.17, 15) is 0 Å². The number of para-hydroxylation sites is 1. The van der Waals surface area contributed by atoms with Gasteiger partial charge in [0, 0.05) is 23.6 Å². The fraction of sp³-hybridized carbons (Fsp3) is 0.562. The maximum absolute atomic E-state index is 5.97. The van der Waals surface area contributed by atoms with E-state index in [0.29, 0.717) is 10.6 Å². The van der Waals surface area contributed by atoms with Crippen LogP contribution in [0.2, 0.25) is 0 Å². The van der Waals surface area contributed by atoms with Crippen molar-refractivity contribution >= 4 is 34.4 Å². The number of imidazole rings is 1. The third kappa shape index (κ3) is 2.35. The fourth-order valence-electron chi connectivity index (χ4n) is 3.15. The van der Waals surface area contributed by atoms with E-state index in [0.717, 1.165) is 24.3 Å². The van der Waals surface area contributed by atoms with Crippen LogP contribution >= 0.6 is 23.4 Å². The van der Waals surface area contributed by atoms with Gasteiger partial charge in [-0.15, -0.1) is 11.6 Å². The van der Waals surface area contributed by atoms with E-state index in [4.69, 9.17) is 16.6 Å². The maximum atomic E-state index is 5.97. The molecule has 1 saturated carbocycles. The molecule has 2 aromatic rings. The standard InChI is InChI=1S/C16H21ClN2S/c1-12-5-3-6-13-15(12)19(14(18-13)7-10-17)11-16(20-2)8-4-9-16/h3,5-6H,4,7-11H2,1-2H3. The summed E-state index contributed by atoms with van der Waals surface area (Å²) in [5.74, 6) is 1.78. The zero-order valence-corrected chi connectivity index (χ0v) is 13.7. The number of aromatic nitrogens is 2. The van der Waals surface area contributed by atoms with E-state index in [1.54, 1.807) is 0 Å². The predicted octanol–water partition coefficient (Wildman–Crippen LogP) is 4.41. The molecule has 4 heteroatoms. The molecule has 0 saturated heterocycles. The average Bonchev–Trinajstić information content (AvgIpc) is 2.73.